The third-order valence-corrected chi connectivity index (χ3v) is 2.51. The van der Waals surface area contributed by atoms with Gasteiger partial charge in [0.1, 0.15) is 0 Å². The molecule has 0 aliphatic carbocycles. The first-order valence-electron chi connectivity index (χ1n) is 6.53. The normalized spacial score (nSPS) is 11.1. The van der Waals surface area contributed by atoms with Crippen LogP contribution in [-0.2, 0) is 4.79 Å². The van der Waals surface area contributed by atoms with Gasteiger partial charge in [0, 0.05) is 24.0 Å². The Morgan fingerprint density at radius 2 is 1.71 bits per heavy atom. The first-order valence-corrected chi connectivity index (χ1v) is 6.53. The maximum absolute atomic E-state index is 11.3. The van der Waals surface area contributed by atoms with Crippen molar-refractivity contribution in [3.63, 3.8) is 0 Å². The molecule has 1 heterocycles. The Morgan fingerprint density at radius 3 is 2.29 bits per heavy atom. The minimum absolute atomic E-state index is 0.221. The second-order valence-corrected chi connectivity index (χ2v) is 4.58. The highest BCUT2D eigenvalue weighted by molar-refractivity contribution is 6.04. The Morgan fingerprint density at radius 1 is 1.10 bits per heavy atom. The summed E-state index contributed by atoms with van der Waals surface area (Å²) >= 11 is 0. The number of anilines is 1. The number of amides is 1. The summed E-state index contributed by atoms with van der Waals surface area (Å²) < 4.78 is 0. The van der Waals surface area contributed by atoms with Gasteiger partial charge in [-0.05, 0) is 32.0 Å². The molecular formula is C15H17N5O. The monoisotopic (exact) mass is 283 g/mol. The third-order valence-electron chi connectivity index (χ3n) is 2.51. The van der Waals surface area contributed by atoms with E-state index in [1.54, 1.807) is 0 Å². The van der Waals surface area contributed by atoms with E-state index >= 15 is 0 Å². The fourth-order valence-corrected chi connectivity index (χ4v) is 1.77. The van der Waals surface area contributed by atoms with E-state index in [0.717, 1.165) is 17.1 Å². The molecule has 0 aliphatic rings. The zero-order valence-corrected chi connectivity index (χ0v) is 12.2. The maximum atomic E-state index is 11.3. The first-order chi connectivity index (χ1) is 10.0. The summed E-state index contributed by atoms with van der Waals surface area (Å²) in [5.74, 6) is 0.375. The third kappa shape index (κ3) is 4.68. The van der Waals surface area contributed by atoms with E-state index in [4.69, 9.17) is 0 Å². The molecule has 2 rings (SSSR count). The van der Waals surface area contributed by atoms with Crippen molar-refractivity contribution in [2.75, 3.05) is 5.32 Å². The fraction of sp³-hybridized carbons (Fsp3) is 0.200. The largest absolute Gasteiger partial charge is 0.326 e. The van der Waals surface area contributed by atoms with E-state index in [0.29, 0.717) is 11.9 Å². The summed E-state index contributed by atoms with van der Waals surface area (Å²) in [6.45, 7) is 5.16. The molecule has 0 atom stereocenters. The topological polar surface area (TPSA) is 79.3 Å². The molecule has 0 fully saturated rings. The van der Waals surface area contributed by atoms with Crippen LogP contribution in [0.15, 0.2) is 41.4 Å². The van der Waals surface area contributed by atoms with Gasteiger partial charge in [0.05, 0.1) is 0 Å². The molecule has 0 radical (unpaired) electrons. The van der Waals surface area contributed by atoms with Crippen LogP contribution in [0.4, 0.5) is 11.6 Å². The number of hydrogen-bond donors (Lipinski definition) is 2. The van der Waals surface area contributed by atoms with Gasteiger partial charge in [-0.25, -0.2) is 9.97 Å². The van der Waals surface area contributed by atoms with Crippen molar-refractivity contribution in [3.05, 3.63) is 47.8 Å². The average Bonchev–Trinajstić information content (AvgIpc) is 2.37. The van der Waals surface area contributed by atoms with E-state index < -0.39 is 0 Å². The number of carbonyl (C=O) groups excluding carboxylic acids is 1. The molecule has 108 valence electrons. The lowest BCUT2D eigenvalue weighted by Gasteiger charge is -2.10. The molecule has 0 bridgehead atoms. The summed E-state index contributed by atoms with van der Waals surface area (Å²) in [4.78, 5) is 24.0. The molecule has 0 saturated carbocycles. The molecule has 6 heteroatoms. The van der Waals surface area contributed by atoms with Gasteiger partial charge in [0.2, 0.25) is 11.9 Å². The molecule has 0 aliphatic heterocycles. The number of hydrogen-bond acceptors (Lipinski definition) is 4. The molecule has 1 aromatic carbocycles. The molecule has 1 aromatic heterocycles. The van der Waals surface area contributed by atoms with Crippen LogP contribution in [0.1, 0.15) is 18.3 Å². The standard InChI is InChI=1S/C15H17N5O/c1-10-9-11(2)17-14(16-10)20-15(18-12(3)21)19-13-7-5-4-6-8-13/h4-9H,1-3H3,(H2,16,17,18,19,20,21). The fourth-order valence-electron chi connectivity index (χ4n) is 1.77. The number of nitrogens with zero attached hydrogens (tertiary/aromatic N) is 3. The van der Waals surface area contributed by atoms with E-state index in [9.17, 15) is 4.79 Å². The van der Waals surface area contributed by atoms with Crippen molar-refractivity contribution >= 4 is 23.5 Å². The summed E-state index contributed by atoms with van der Waals surface area (Å²) in [5.41, 5.74) is 2.46. The number of aromatic nitrogens is 2. The number of aliphatic imine (C=N–C) groups is 1. The van der Waals surface area contributed by atoms with Gasteiger partial charge in [0.15, 0.2) is 0 Å². The number of benzene rings is 1. The Balaban J connectivity index is 2.30. The molecule has 2 N–H and O–H groups in total. The van der Waals surface area contributed by atoms with Crippen LogP contribution in [0.25, 0.3) is 0 Å². The number of guanidine groups is 1. The molecule has 1 amide bonds. The number of nitrogens with one attached hydrogen (secondary N) is 2. The summed E-state index contributed by atoms with van der Waals surface area (Å²) in [6.07, 6.45) is 0. The molecule has 6 nitrogen and oxygen atoms in total. The lowest BCUT2D eigenvalue weighted by Crippen LogP contribution is -2.34. The second kappa shape index (κ2) is 6.60. The zero-order valence-electron chi connectivity index (χ0n) is 12.2. The summed E-state index contributed by atoms with van der Waals surface area (Å²) in [6, 6.07) is 11.3. The van der Waals surface area contributed by atoms with E-state index in [1.165, 1.54) is 6.92 Å². The van der Waals surface area contributed by atoms with Crippen molar-refractivity contribution in [1.82, 2.24) is 15.3 Å². The van der Waals surface area contributed by atoms with Gasteiger partial charge in [-0.3, -0.25) is 10.1 Å². The highest BCUT2D eigenvalue weighted by Crippen LogP contribution is 2.09. The maximum Gasteiger partial charge on any atom is 0.253 e. The van der Waals surface area contributed by atoms with Crippen molar-refractivity contribution in [2.24, 2.45) is 4.99 Å². The van der Waals surface area contributed by atoms with Crippen LogP contribution in [0.3, 0.4) is 0 Å². The van der Waals surface area contributed by atoms with Crippen LogP contribution in [-0.4, -0.2) is 21.8 Å². The molecule has 0 saturated heterocycles. The van der Waals surface area contributed by atoms with E-state index in [2.05, 4.69) is 25.6 Å². The van der Waals surface area contributed by atoms with Gasteiger partial charge >= 0.3 is 0 Å². The van der Waals surface area contributed by atoms with Crippen molar-refractivity contribution in [2.45, 2.75) is 20.8 Å². The van der Waals surface area contributed by atoms with Crippen LogP contribution in [0, 0.1) is 13.8 Å². The zero-order chi connectivity index (χ0) is 15.2. The number of para-hydroxylation sites is 1. The van der Waals surface area contributed by atoms with Crippen molar-refractivity contribution < 1.29 is 4.79 Å². The Bertz CT molecular complexity index is 647. The number of aryl methyl sites for hydroxylation is 2. The molecule has 0 unspecified atom stereocenters. The Labute approximate surface area is 123 Å². The van der Waals surface area contributed by atoms with Crippen LogP contribution in [0.5, 0.6) is 0 Å². The van der Waals surface area contributed by atoms with Gasteiger partial charge in [-0.15, -0.1) is 0 Å². The van der Waals surface area contributed by atoms with Gasteiger partial charge in [0.25, 0.3) is 5.95 Å². The van der Waals surface area contributed by atoms with Gasteiger partial charge in [-0.1, -0.05) is 18.2 Å². The minimum Gasteiger partial charge on any atom is -0.326 e. The Kier molecular flexibility index (Phi) is 4.61. The lowest BCUT2D eigenvalue weighted by atomic mass is 10.3. The van der Waals surface area contributed by atoms with E-state index in [-0.39, 0.29) is 5.91 Å². The highest BCUT2D eigenvalue weighted by atomic mass is 16.1. The smallest absolute Gasteiger partial charge is 0.253 e. The molecule has 21 heavy (non-hydrogen) atoms. The highest BCUT2D eigenvalue weighted by Gasteiger charge is 2.05. The summed E-state index contributed by atoms with van der Waals surface area (Å²) in [5, 5.41) is 5.67. The van der Waals surface area contributed by atoms with Crippen molar-refractivity contribution in [1.29, 1.82) is 0 Å². The second-order valence-electron chi connectivity index (χ2n) is 4.58. The molecular weight excluding hydrogens is 266 g/mol. The minimum atomic E-state index is -0.221. The lowest BCUT2D eigenvalue weighted by molar-refractivity contribution is -0.117. The van der Waals surface area contributed by atoms with Crippen LogP contribution < -0.4 is 10.6 Å². The number of rotatable bonds is 2. The van der Waals surface area contributed by atoms with E-state index in [1.807, 2.05) is 50.2 Å². The van der Waals surface area contributed by atoms with Gasteiger partial charge in [-0.2, -0.15) is 4.99 Å². The predicted molar refractivity (Wildman–Crippen MR) is 82.5 cm³/mol. The quantitative estimate of drug-likeness (QED) is 0.655. The van der Waals surface area contributed by atoms with Crippen molar-refractivity contribution in [3.8, 4) is 0 Å². The van der Waals surface area contributed by atoms with Gasteiger partial charge < -0.3 is 5.32 Å². The Hall–Kier alpha value is -2.76. The number of carbonyl (C=O) groups is 1. The average molecular weight is 283 g/mol. The van der Waals surface area contributed by atoms with Crippen LogP contribution >= 0.6 is 0 Å². The SMILES string of the molecule is CC(=O)N/C(=N\c1nc(C)cc(C)n1)Nc1ccccc1. The predicted octanol–water partition coefficient (Wildman–Crippen LogP) is 2.33. The van der Waals surface area contributed by atoms with Crippen LogP contribution in [0.2, 0.25) is 0 Å². The molecule has 0 spiro atoms. The molecule has 2 aromatic rings. The first kappa shape index (κ1) is 14.6. The summed E-state index contributed by atoms with van der Waals surface area (Å²) in [7, 11) is 0.